The Hall–Kier alpha value is -2.04. The molecule has 1 fully saturated rings. The summed E-state index contributed by atoms with van der Waals surface area (Å²) in [4.78, 5) is 12.8. The minimum atomic E-state index is -0.549. The van der Waals surface area contributed by atoms with Crippen LogP contribution in [-0.2, 0) is 11.2 Å². The average Bonchev–Trinajstić information content (AvgIpc) is 3.10. The second-order valence-corrected chi connectivity index (χ2v) is 7.59. The summed E-state index contributed by atoms with van der Waals surface area (Å²) in [7, 11) is 0. The second-order valence-electron chi connectivity index (χ2n) is 7.59. The van der Waals surface area contributed by atoms with Gasteiger partial charge in [0, 0.05) is 12.0 Å². The van der Waals surface area contributed by atoms with Crippen molar-refractivity contribution >= 4 is 18.3 Å². The van der Waals surface area contributed by atoms with Crippen molar-refractivity contribution in [1.82, 2.24) is 5.32 Å². The van der Waals surface area contributed by atoms with Crippen LogP contribution in [0.3, 0.4) is 0 Å². The first-order valence-electron chi connectivity index (χ1n) is 9.53. The van der Waals surface area contributed by atoms with Gasteiger partial charge in [-0.15, -0.1) is 12.4 Å². The number of fused-ring (bicyclic) bond motifs is 1. The van der Waals surface area contributed by atoms with Crippen molar-refractivity contribution in [2.45, 2.75) is 56.2 Å². The van der Waals surface area contributed by atoms with Gasteiger partial charge in [-0.25, -0.2) is 0 Å². The molecule has 1 saturated carbocycles. The highest BCUT2D eigenvalue weighted by Crippen LogP contribution is 2.46. The van der Waals surface area contributed by atoms with E-state index in [1.807, 2.05) is 54.6 Å². The minimum absolute atomic E-state index is 0. The van der Waals surface area contributed by atoms with Gasteiger partial charge >= 0.3 is 0 Å². The van der Waals surface area contributed by atoms with Gasteiger partial charge in [0.15, 0.2) is 0 Å². The van der Waals surface area contributed by atoms with Gasteiger partial charge in [-0.2, -0.15) is 0 Å². The molecule has 4 nitrogen and oxygen atoms in total. The number of hydrogen-bond acceptors (Lipinski definition) is 3. The van der Waals surface area contributed by atoms with Crippen LogP contribution in [0.1, 0.15) is 49.3 Å². The maximum Gasteiger partial charge on any atom is 0.237 e. The molecule has 2 aromatic rings. The van der Waals surface area contributed by atoms with Crippen LogP contribution in [0, 0.1) is 0 Å². The van der Waals surface area contributed by atoms with Gasteiger partial charge in [0.05, 0.1) is 12.1 Å². The molecule has 1 amide bonds. The molecule has 2 aromatic carbocycles. The van der Waals surface area contributed by atoms with E-state index in [1.54, 1.807) is 0 Å². The Morgan fingerprint density at radius 1 is 1.11 bits per heavy atom. The van der Waals surface area contributed by atoms with Gasteiger partial charge in [-0.1, -0.05) is 48.5 Å². The van der Waals surface area contributed by atoms with E-state index >= 15 is 0 Å². The van der Waals surface area contributed by atoms with Crippen LogP contribution in [0.15, 0.2) is 54.6 Å². The first kappa shape index (κ1) is 19.7. The molecule has 2 aliphatic rings. The van der Waals surface area contributed by atoms with Crippen molar-refractivity contribution in [3.8, 4) is 5.75 Å². The maximum absolute atomic E-state index is 12.8. The molecule has 144 valence electrons. The van der Waals surface area contributed by atoms with Crippen LogP contribution in [0.2, 0.25) is 0 Å². The predicted molar refractivity (Wildman–Crippen MR) is 109 cm³/mol. The quantitative estimate of drug-likeness (QED) is 0.836. The minimum Gasteiger partial charge on any atom is -0.487 e. The average molecular weight is 387 g/mol. The van der Waals surface area contributed by atoms with Crippen molar-refractivity contribution < 1.29 is 9.53 Å². The van der Waals surface area contributed by atoms with Gasteiger partial charge in [-0.3, -0.25) is 4.79 Å². The Morgan fingerprint density at radius 2 is 1.78 bits per heavy atom. The molecule has 5 heteroatoms. The third-order valence-corrected chi connectivity index (χ3v) is 5.66. The molecule has 1 spiro atoms. The van der Waals surface area contributed by atoms with Crippen molar-refractivity contribution in [3.05, 3.63) is 65.7 Å². The lowest BCUT2D eigenvalue weighted by molar-refractivity contribution is -0.123. The number of carbonyl (C=O) groups is 1. The van der Waals surface area contributed by atoms with Gasteiger partial charge in [-0.05, 0) is 43.7 Å². The first-order chi connectivity index (χ1) is 12.7. The molecule has 27 heavy (non-hydrogen) atoms. The van der Waals surface area contributed by atoms with Crippen molar-refractivity contribution in [1.29, 1.82) is 0 Å². The van der Waals surface area contributed by atoms with Gasteiger partial charge in [0.1, 0.15) is 11.4 Å². The largest absolute Gasteiger partial charge is 0.487 e. The summed E-state index contributed by atoms with van der Waals surface area (Å²) in [5, 5.41) is 3.20. The Balaban J connectivity index is 0.00000210. The molecule has 2 atom stereocenters. The number of ether oxygens (including phenoxy) is 1. The van der Waals surface area contributed by atoms with E-state index in [2.05, 4.69) is 5.32 Å². The fourth-order valence-electron chi connectivity index (χ4n) is 4.31. The van der Waals surface area contributed by atoms with Crippen LogP contribution >= 0.6 is 12.4 Å². The molecule has 0 radical (unpaired) electrons. The van der Waals surface area contributed by atoms with Gasteiger partial charge < -0.3 is 15.8 Å². The van der Waals surface area contributed by atoms with Gasteiger partial charge in [0.25, 0.3) is 0 Å². The lowest BCUT2D eigenvalue weighted by Crippen LogP contribution is -2.48. The van der Waals surface area contributed by atoms with Crippen LogP contribution in [-0.4, -0.2) is 17.6 Å². The molecule has 0 aromatic heterocycles. The summed E-state index contributed by atoms with van der Waals surface area (Å²) in [5.74, 6) is 0.811. The monoisotopic (exact) mass is 386 g/mol. The molecule has 1 aliphatic carbocycles. The molecule has 0 bridgehead atoms. The third-order valence-electron chi connectivity index (χ3n) is 5.66. The zero-order chi connectivity index (χ0) is 18.0. The molecule has 0 saturated heterocycles. The Labute approximate surface area is 166 Å². The van der Waals surface area contributed by atoms with Crippen LogP contribution in [0.5, 0.6) is 5.75 Å². The van der Waals surface area contributed by atoms with Crippen LogP contribution in [0.4, 0.5) is 0 Å². The predicted octanol–water partition coefficient (Wildman–Crippen LogP) is 3.93. The second kappa shape index (κ2) is 8.32. The maximum atomic E-state index is 12.8. The smallest absolute Gasteiger partial charge is 0.237 e. The first-order valence-corrected chi connectivity index (χ1v) is 9.53. The fourth-order valence-corrected chi connectivity index (χ4v) is 4.31. The van der Waals surface area contributed by atoms with Crippen LogP contribution in [0.25, 0.3) is 0 Å². The topological polar surface area (TPSA) is 64.4 Å². The normalized spacial score (nSPS) is 20.9. The molecule has 1 aliphatic heterocycles. The van der Waals surface area contributed by atoms with E-state index in [4.69, 9.17) is 10.5 Å². The molecule has 3 N–H and O–H groups in total. The fraction of sp³-hybridized carbons (Fsp3) is 0.409. The number of nitrogens with one attached hydrogen (secondary N) is 1. The number of halogens is 1. The summed E-state index contributed by atoms with van der Waals surface area (Å²) >= 11 is 0. The van der Waals surface area contributed by atoms with Crippen molar-refractivity contribution in [2.75, 3.05) is 0 Å². The standard InChI is InChI=1S/C22H26N2O2.ClH/c23-18(14-16-8-2-1-3-9-16)21(25)24-19-15-22(12-6-7-13-22)26-20-11-5-4-10-17(19)20;/h1-5,8-11,18-19H,6-7,12-15,23H2,(H,24,25);1H/t18-,19?;/m0./s1. The number of nitrogens with two attached hydrogens (primary N) is 1. The number of para-hydroxylation sites is 1. The van der Waals surface area contributed by atoms with E-state index in [0.29, 0.717) is 6.42 Å². The van der Waals surface area contributed by atoms with E-state index in [9.17, 15) is 4.79 Å². The van der Waals surface area contributed by atoms with Gasteiger partial charge in [0.2, 0.25) is 5.91 Å². The van der Waals surface area contributed by atoms with Crippen LogP contribution < -0.4 is 15.8 Å². The number of rotatable bonds is 4. The van der Waals surface area contributed by atoms with Crippen molar-refractivity contribution in [2.24, 2.45) is 5.73 Å². The third kappa shape index (κ3) is 4.28. The summed E-state index contributed by atoms with van der Waals surface area (Å²) in [6, 6.07) is 17.4. The lowest BCUT2D eigenvalue weighted by atomic mass is 9.85. The van der Waals surface area contributed by atoms with Crippen molar-refractivity contribution in [3.63, 3.8) is 0 Å². The summed E-state index contributed by atoms with van der Waals surface area (Å²) in [6.45, 7) is 0. The Morgan fingerprint density at radius 3 is 2.52 bits per heavy atom. The van der Waals surface area contributed by atoms with E-state index < -0.39 is 6.04 Å². The van der Waals surface area contributed by atoms with E-state index in [1.165, 1.54) is 12.8 Å². The Kier molecular flexibility index (Phi) is 6.08. The number of amides is 1. The van der Waals surface area contributed by atoms with E-state index in [-0.39, 0.29) is 30.0 Å². The molecule has 1 unspecified atom stereocenters. The highest BCUT2D eigenvalue weighted by molar-refractivity contribution is 5.85. The SMILES string of the molecule is Cl.N[C@@H](Cc1ccccc1)C(=O)NC1CC2(CCCC2)Oc2ccccc21. The molecular formula is C22H27ClN2O2. The van der Waals surface area contributed by atoms with E-state index in [0.717, 1.165) is 36.1 Å². The number of benzene rings is 2. The Bertz CT molecular complexity index is 775. The summed E-state index contributed by atoms with van der Waals surface area (Å²) in [6.07, 6.45) is 5.87. The number of carbonyl (C=O) groups excluding carboxylic acids is 1. The zero-order valence-electron chi connectivity index (χ0n) is 15.4. The molecular weight excluding hydrogens is 360 g/mol. The highest BCUT2D eigenvalue weighted by Gasteiger charge is 2.43. The summed E-state index contributed by atoms with van der Waals surface area (Å²) in [5.41, 5.74) is 8.20. The zero-order valence-corrected chi connectivity index (χ0v) is 16.2. The molecule has 4 rings (SSSR count). The lowest BCUT2D eigenvalue weighted by Gasteiger charge is -2.40. The molecule has 1 heterocycles. The highest BCUT2D eigenvalue weighted by atomic mass is 35.5. The number of hydrogen-bond donors (Lipinski definition) is 2. The summed E-state index contributed by atoms with van der Waals surface area (Å²) < 4.78 is 6.37.